The Labute approximate surface area is 120 Å². The van der Waals surface area contributed by atoms with Gasteiger partial charge in [-0.25, -0.2) is 9.97 Å². The molecule has 3 rings (SSSR count). The van der Waals surface area contributed by atoms with Gasteiger partial charge in [-0.05, 0) is 16.3 Å². The van der Waals surface area contributed by atoms with Crippen LogP contribution in [-0.2, 0) is 6.54 Å². The number of nitrogens with zero attached hydrogens (tertiary/aromatic N) is 3. The highest BCUT2D eigenvalue weighted by atomic mass is 16.6. The van der Waals surface area contributed by atoms with Gasteiger partial charge in [0.05, 0.1) is 4.92 Å². The number of aromatic nitrogens is 2. The Hall–Kier alpha value is -3.02. The molecule has 2 aromatic carbocycles. The maximum Gasteiger partial charge on any atom is 0.305 e. The third kappa shape index (κ3) is 2.79. The zero-order chi connectivity index (χ0) is 14.7. The van der Waals surface area contributed by atoms with Gasteiger partial charge in [0.2, 0.25) is 5.95 Å². The molecule has 0 saturated carbocycles. The fraction of sp³-hybridized carbons (Fsp3) is 0.0667. The Morgan fingerprint density at radius 3 is 2.52 bits per heavy atom. The molecule has 0 aliphatic heterocycles. The zero-order valence-corrected chi connectivity index (χ0v) is 11.1. The summed E-state index contributed by atoms with van der Waals surface area (Å²) in [5, 5.41) is 15.9. The van der Waals surface area contributed by atoms with Crippen LogP contribution < -0.4 is 5.32 Å². The van der Waals surface area contributed by atoms with Crippen LogP contribution in [0.25, 0.3) is 10.8 Å². The summed E-state index contributed by atoms with van der Waals surface area (Å²) in [4.78, 5) is 17.9. The van der Waals surface area contributed by atoms with Crippen LogP contribution in [0.5, 0.6) is 0 Å². The molecule has 1 aromatic heterocycles. The average Bonchev–Trinajstić information content (AvgIpc) is 2.53. The Balaban J connectivity index is 1.79. The first-order chi connectivity index (χ1) is 10.2. The third-order valence-electron chi connectivity index (χ3n) is 3.17. The molecule has 1 N–H and O–H groups in total. The van der Waals surface area contributed by atoms with E-state index in [9.17, 15) is 10.1 Å². The van der Waals surface area contributed by atoms with Crippen LogP contribution in [-0.4, -0.2) is 14.9 Å². The number of nitrogens with one attached hydrogen (secondary N) is 1. The lowest BCUT2D eigenvalue weighted by molar-refractivity contribution is -0.385. The van der Waals surface area contributed by atoms with E-state index in [4.69, 9.17) is 0 Å². The van der Waals surface area contributed by atoms with Gasteiger partial charge >= 0.3 is 5.69 Å². The Kier molecular flexibility index (Phi) is 3.42. The fourth-order valence-electron chi connectivity index (χ4n) is 2.13. The largest absolute Gasteiger partial charge is 0.350 e. The highest BCUT2D eigenvalue weighted by Crippen LogP contribution is 2.19. The lowest BCUT2D eigenvalue weighted by atomic mass is 10.0. The molecular formula is C15H12N4O2. The number of rotatable bonds is 4. The van der Waals surface area contributed by atoms with Crippen LogP contribution in [0, 0.1) is 10.1 Å². The van der Waals surface area contributed by atoms with E-state index in [1.165, 1.54) is 17.8 Å². The first-order valence-corrected chi connectivity index (χ1v) is 6.41. The molecule has 0 fully saturated rings. The topological polar surface area (TPSA) is 81.0 Å². The van der Waals surface area contributed by atoms with Crippen molar-refractivity contribution in [2.75, 3.05) is 5.32 Å². The van der Waals surface area contributed by atoms with E-state index in [2.05, 4.69) is 33.5 Å². The summed E-state index contributed by atoms with van der Waals surface area (Å²) in [7, 11) is 0. The molecular weight excluding hydrogens is 268 g/mol. The van der Waals surface area contributed by atoms with Gasteiger partial charge in [0.25, 0.3) is 0 Å². The Morgan fingerprint density at radius 2 is 1.76 bits per heavy atom. The van der Waals surface area contributed by atoms with Crippen LogP contribution in [0.3, 0.4) is 0 Å². The van der Waals surface area contributed by atoms with Crippen LogP contribution >= 0.6 is 0 Å². The molecule has 0 bridgehead atoms. The summed E-state index contributed by atoms with van der Waals surface area (Å²) < 4.78 is 0. The van der Waals surface area contributed by atoms with Gasteiger partial charge in [-0.3, -0.25) is 10.1 Å². The molecule has 6 heteroatoms. The number of benzene rings is 2. The molecule has 0 radical (unpaired) electrons. The standard InChI is InChI=1S/C15H12N4O2/c20-19(21)13-9-17-15(18-10-13)16-8-12-6-3-5-11-4-1-2-7-14(11)12/h1-7,9-10H,8H2,(H,16,17,18). The van der Waals surface area contributed by atoms with Crippen molar-refractivity contribution in [3.8, 4) is 0 Å². The van der Waals surface area contributed by atoms with Gasteiger partial charge < -0.3 is 5.32 Å². The SMILES string of the molecule is O=[N+]([O-])c1cnc(NCc2cccc3ccccc23)nc1. The van der Waals surface area contributed by atoms with Crippen LogP contribution in [0.15, 0.2) is 54.9 Å². The van der Waals surface area contributed by atoms with E-state index < -0.39 is 4.92 Å². The summed E-state index contributed by atoms with van der Waals surface area (Å²) in [6.45, 7) is 0.555. The number of hydrogen-bond donors (Lipinski definition) is 1. The first-order valence-electron chi connectivity index (χ1n) is 6.41. The minimum absolute atomic E-state index is 0.120. The van der Waals surface area contributed by atoms with E-state index in [1.807, 2.05) is 24.3 Å². The molecule has 0 spiro atoms. The summed E-state index contributed by atoms with van der Waals surface area (Å²) >= 11 is 0. The fourth-order valence-corrected chi connectivity index (χ4v) is 2.13. The molecule has 0 saturated heterocycles. The number of anilines is 1. The van der Waals surface area contributed by atoms with Gasteiger partial charge in [-0.15, -0.1) is 0 Å². The second kappa shape index (κ2) is 5.54. The van der Waals surface area contributed by atoms with Gasteiger partial charge in [-0.1, -0.05) is 42.5 Å². The number of nitro groups is 1. The van der Waals surface area contributed by atoms with Crippen molar-refractivity contribution < 1.29 is 4.92 Å². The highest BCUT2D eigenvalue weighted by molar-refractivity contribution is 5.85. The van der Waals surface area contributed by atoms with E-state index in [1.54, 1.807) is 0 Å². The van der Waals surface area contributed by atoms with E-state index in [0.717, 1.165) is 10.9 Å². The van der Waals surface area contributed by atoms with E-state index >= 15 is 0 Å². The lowest BCUT2D eigenvalue weighted by Crippen LogP contribution is -2.04. The lowest BCUT2D eigenvalue weighted by Gasteiger charge is -2.07. The number of fused-ring (bicyclic) bond motifs is 1. The maximum absolute atomic E-state index is 10.5. The van der Waals surface area contributed by atoms with Crippen molar-refractivity contribution in [2.24, 2.45) is 0 Å². The van der Waals surface area contributed by atoms with Gasteiger partial charge in [0.15, 0.2) is 0 Å². The predicted octanol–water partition coefficient (Wildman–Crippen LogP) is 3.15. The molecule has 0 unspecified atom stereocenters. The van der Waals surface area contributed by atoms with Crippen molar-refractivity contribution in [1.29, 1.82) is 0 Å². The quantitative estimate of drug-likeness (QED) is 0.586. The van der Waals surface area contributed by atoms with Crippen molar-refractivity contribution in [1.82, 2.24) is 9.97 Å². The molecule has 0 amide bonds. The van der Waals surface area contributed by atoms with Crippen molar-refractivity contribution in [3.05, 3.63) is 70.5 Å². The monoisotopic (exact) mass is 280 g/mol. The third-order valence-corrected chi connectivity index (χ3v) is 3.17. The summed E-state index contributed by atoms with van der Waals surface area (Å²) in [6, 6.07) is 14.2. The molecule has 0 aliphatic carbocycles. The van der Waals surface area contributed by atoms with Gasteiger partial charge in [0.1, 0.15) is 12.4 Å². The molecule has 1 heterocycles. The van der Waals surface area contributed by atoms with Crippen molar-refractivity contribution >= 4 is 22.4 Å². The average molecular weight is 280 g/mol. The molecule has 6 nitrogen and oxygen atoms in total. The van der Waals surface area contributed by atoms with Crippen LogP contribution in [0.2, 0.25) is 0 Å². The molecule has 0 aliphatic rings. The number of hydrogen-bond acceptors (Lipinski definition) is 5. The summed E-state index contributed by atoms with van der Waals surface area (Å²) in [6.07, 6.45) is 2.39. The molecule has 3 aromatic rings. The van der Waals surface area contributed by atoms with Gasteiger partial charge in [-0.2, -0.15) is 0 Å². The summed E-state index contributed by atoms with van der Waals surface area (Å²) in [5.74, 6) is 0.369. The summed E-state index contributed by atoms with van der Waals surface area (Å²) in [5.41, 5.74) is 1.00. The normalized spacial score (nSPS) is 10.5. The minimum atomic E-state index is -0.519. The first kappa shape index (κ1) is 13.0. The Morgan fingerprint density at radius 1 is 1.05 bits per heavy atom. The maximum atomic E-state index is 10.5. The van der Waals surface area contributed by atoms with E-state index in [-0.39, 0.29) is 5.69 Å². The van der Waals surface area contributed by atoms with E-state index in [0.29, 0.717) is 12.5 Å². The van der Waals surface area contributed by atoms with Crippen LogP contribution in [0.4, 0.5) is 11.6 Å². The zero-order valence-electron chi connectivity index (χ0n) is 11.1. The Bertz CT molecular complexity index is 782. The highest BCUT2D eigenvalue weighted by Gasteiger charge is 2.07. The van der Waals surface area contributed by atoms with Crippen molar-refractivity contribution in [2.45, 2.75) is 6.54 Å². The second-order valence-electron chi connectivity index (χ2n) is 4.51. The molecule has 21 heavy (non-hydrogen) atoms. The molecule has 104 valence electrons. The van der Waals surface area contributed by atoms with Crippen molar-refractivity contribution in [3.63, 3.8) is 0 Å². The predicted molar refractivity (Wildman–Crippen MR) is 80.0 cm³/mol. The molecule has 0 atom stereocenters. The smallest absolute Gasteiger partial charge is 0.305 e. The van der Waals surface area contributed by atoms with Gasteiger partial charge in [0, 0.05) is 6.54 Å². The van der Waals surface area contributed by atoms with Crippen LogP contribution in [0.1, 0.15) is 5.56 Å². The minimum Gasteiger partial charge on any atom is -0.350 e. The second-order valence-corrected chi connectivity index (χ2v) is 4.51.